The van der Waals surface area contributed by atoms with Gasteiger partial charge in [0.05, 0.1) is 24.5 Å². The summed E-state index contributed by atoms with van der Waals surface area (Å²) in [4.78, 5) is 17.7. The summed E-state index contributed by atoms with van der Waals surface area (Å²) in [5.41, 5.74) is 2.66. The minimum atomic E-state index is -3.74. The number of fused-ring (bicyclic) bond motifs is 1. The third-order valence-electron chi connectivity index (χ3n) is 4.98. The van der Waals surface area contributed by atoms with Crippen molar-refractivity contribution in [3.63, 3.8) is 0 Å². The lowest BCUT2D eigenvalue weighted by Crippen LogP contribution is -2.31. The van der Waals surface area contributed by atoms with Crippen LogP contribution in [0.3, 0.4) is 0 Å². The molecular weight excluding hydrogens is 378 g/mol. The number of amides is 1. The highest BCUT2D eigenvalue weighted by Crippen LogP contribution is 2.26. The molecule has 0 radical (unpaired) electrons. The molecule has 1 aromatic heterocycles. The number of nitrogens with zero attached hydrogens (tertiary/aromatic N) is 1. The van der Waals surface area contributed by atoms with E-state index in [1.54, 1.807) is 31.2 Å². The average Bonchev–Trinajstić information content (AvgIpc) is 3.08. The zero-order valence-electron chi connectivity index (χ0n) is 16.0. The Kier molecular flexibility index (Phi) is 5.44. The molecular formula is C20H23N3O4S. The van der Waals surface area contributed by atoms with E-state index in [-0.39, 0.29) is 23.3 Å². The van der Waals surface area contributed by atoms with E-state index in [2.05, 4.69) is 4.98 Å². The van der Waals surface area contributed by atoms with Gasteiger partial charge >= 0.3 is 0 Å². The van der Waals surface area contributed by atoms with Gasteiger partial charge in [0.1, 0.15) is 5.75 Å². The quantitative estimate of drug-likeness (QED) is 0.662. The predicted molar refractivity (Wildman–Crippen MR) is 108 cm³/mol. The molecule has 0 saturated carbocycles. The third-order valence-corrected chi connectivity index (χ3v) is 5.91. The highest BCUT2D eigenvalue weighted by Gasteiger charge is 2.20. The zero-order chi connectivity index (χ0) is 20.5. The number of nitrogens with one attached hydrogen (secondary N) is 1. The van der Waals surface area contributed by atoms with Gasteiger partial charge in [0.15, 0.2) is 0 Å². The largest absolute Gasteiger partial charge is 0.497 e. The minimum Gasteiger partial charge on any atom is -0.497 e. The normalized spacial score (nSPS) is 12.7. The number of methoxy groups -OCH3 is 1. The summed E-state index contributed by atoms with van der Waals surface area (Å²) in [6, 6.07) is 11.7. The number of hydrogen-bond donors (Lipinski definition) is 2. The van der Waals surface area contributed by atoms with Crippen LogP contribution in [0, 0.1) is 0 Å². The standard InChI is InChI=1S/C20H23N3O4S/c1-13(14-4-7-17(8-5-14)28(21,25)26)23(2)20(24)10-15-12-22-19-9-6-16(27-3)11-18(15)19/h4-9,11-13,22H,10H2,1-3H3,(H2,21,25,26). The second-order valence-electron chi connectivity index (χ2n) is 6.70. The molecule has 3 rings (SSSR count). The Hall–Kier alpha value is -2.84. The molecule has 1 unspecified atom stereocenters. The number of aromatic nitrogens is 1. The summed E-state index contributed by atoms with van der Waals surface area (Å²) in [6.07, 6.45) is 2.07. The van der Waals surface area contributed by atoms with Crippen molar-refractivity contribution < 1.29 is 17.9 Å². The van der Waals surface area contributed by atoms with Gasteiger partial charge in [-0.3, -0.25) is 4.79 Å². The molecule has 148 valence electrons. The van der Waals surface area contributed by atoms with Crippen LogP contribution in [0.1, 0.15) is 24.1 Å². The maximum absolute atomic E-state index is 12.8. The SMILES string of the molecule is COc1ccc2[nH]cc(CC(=O)N(C)C(C)c3ccc(S(N)(=O)=O)cc3)c2c1. The Balaban J connectivity index is 1.77. The van der Waals surface area contributed by atoms with Gasteiger partial charge in [0.2, 0.25) is 15.9 Å². The first-order valence-electron chi connectivity index (χ1n) is 8.73. The zero-order valence-corrected chi connectivity index (χ0v) is 16.8. The fourth-order valence-corrected chi connectivity index (χ4v) is 3.61. The summed E-state index contributed by atoms with van der Waals surface area (Å²) in [5.74, 6) is 0.684. The van der Waals surface area contributed by atoms with Crippen LogP contribution in [0.25, 0.3) is 10.9 Å². The average molecular weight is 401 g/mol. The first kappa shape index (κ1) is 19.9. The van der Waals surface area contributed by atoms with Gasteiger partial charge in [-0.05, 0) is 48.4 Å². The Morgan fingerprint density at radius 2 is 1.89 bits per heavy atom. The van der Waals surface area contributed by atoms with Gasteiger partial charge in [-0.1, -0.05) is 12.1 Å². The molecule has 0 aliphatic heterocycles. The molecule has 28 heavy (non-hydrogen) atoms. The van der Waals surface area contributed by atoms with Crippen LogP contribution in [-0.4, -0.2) is 38.4 Å². The number of ether oxygens (including phenoxy) is 1. The number of aromatic amines is 1. The Morgan fingerprint density at radius 1 is 1.21 bits per heavy atom. The van der Waals surface area contributed by atoms with Gasteiger partial charge in [-0.25, -0.2) is 13.6 Å². The van der Waals surface area contributed by atoms with E-state index >= 15 is 0 Å². The molecule has 2 aromatic carbocycles. The summed E-state index contributed by atoms with van der Waals surface area (Å²) in [6.45, 7) is 1.89. The number of nitrogens with two attached hydrogens (primary N) is 1. The van der Waals surface area contributed by atoms with Crippen molar-refractivity contribution in [3.8, 4) is 5.75 Å². The molecule has 7 nitrogen and oxygen atoms in total. The van der Waals surface area contributed by atoms with Gasteiger partial charge in [0.25, 0.3) is 0 Å². The molecule has 0 aliphatic carbocycles. The van der Waals surface area contributed by atoms with Crippen molar-refractivity contribution in [3.05, 3.63) is 59.8 Å². The van der Waals surface area contributed by atoms with Crippen molar-refractivity contribution in [2.75, 3.05) is 14.2 Å². The van der Waals surface area contributed by atoms with Gasteiger partial charge in [-0.15, -0.1) is 0 Å². The summed E-state index contributed by atoms with van der Waals surface area (Å²) < 4.78 is 28.0. The van der Waals surface area contributed by atoms with E-state index in [0.717, 1.165) is 27.8 Å². The van der Waals surface area contributed by atoms with Crippen LogP contribution >= 0.6 is 0 Å². The molecule has 1 atom stereocenters. The highest BCUT2D eigenvalue weighted by atomic mass is 32.2. The first-order chi connectivity index (χ1) is 13.2. The summed E-state index contributed by atoms with van der Waals surface area (Å²) in [5, 5.41) is 6.08. The number of rotatable bonds is 6. The molecule has 1 heterocycles. The van der Waals surface area contributed by atoms with Gasteiger partial charge < -0.3 is 14.6 Å². The lowest BCUT2D eigenvalue weighted by atomic mass is 10.1. The Morgan fingerprint density at radius 3 is 2.50 bits per heavy atom. The number of carbonyl (C=O) groups is 1. The first-order valence-corrected chi connectivity index (χ1v) is 10.3. The van der Waals surface area contributed by atoms with Crippen LogP contribution in [0.2, 0.25) is 0 Å². The molecule has 1 amide bonds. The summed E-state index contributed by atoms with van der Waals surface area (Å²) in [7, 11) is -0.398. The molecule has 0 spiro atoms. The topological polar surface area (TPSA) is 105 Å². The van der Waals surface area contributed by atoms with Crippen molar-refractivity contribution >= 4 is 26.8 Å². The maximum Gasteiger partial charge on any atom is 0.238 e. The van der Waals surface area contributed by atoms with Crippen molar-refractivity contribution in [2.45, 2.75) is 24.3 Å². The number of primary sulfonamides is 1. The van der Waals surface area contributed by atoms with E-state index in [9.17, 15) is 13.2 Å². The van der Waals surface area contributed by atoms with Crippen molar-refractivity contribution in [1.82, 2.24) is 9.88 Å². The van der Waals surface area contributed by atoms with Gasteiger partial charge in [-0.2, -0.15) is 0 Å². The molecule has 3 aromatic rings. The molecule has 0 saturated heterocycles. The van der Waals surface area contributed by atoms with Crippen LogP contribution in [0.4, 0.5) is 0 Å². The number of hydrogen-bond acceptors (Lipinski definition) is 4. The molecule has 8 heteroatoms. The van der Waals surface area contributed by atoms with Crippen LogP contribution < -0.4 is 9.88 Å². The third kappa shape index (κ3) is 4.02. The van der Waals surface area contributed by atoms with Crippen LogP contribution in [0.15, 0.2) is 53.6 Å². The lowest BCUT2D eigenvalue weighted by Gasteiger charge is -2.25. The molecule has 0 fully saturated rings. The number of carbonyl (C=O) groups excluding carboxylic acids is 1. The van der Waals surface area contributed by atoms with Crippen molar-refractivity contribution in [2.24, 2.45) is 5.14 Å². The minimum absolute atomic E-state index is 0.0465. The van der Waals surface area contributed by atoms with E-state index in [4.69, 9.17) is 9.88 Å². The van der Waals surface area contributed by atoms with Crippen LogP contribution in [-0.2, 0) is 21.2 Å². The fraction of sp³-hybridized carbons (Fsp3) is 0.250. The van der Waals surface area contributed by atoms with Crippen molar-refractivity contribution in [1.29, 1.82) is 0 Å². The monoisotopic (exact) mass is 401 g/mol. The van der Waals surface area contributed by atoms with E-state index in [1.165, 1.54) is 12.1 Å². The lowest BCUT2D eigenvalue weighted by molar-refractivity contribution is -0.131. The van der Waals surface area contributed by atoms with Gasteiger partial charge in [0, 0.05) is 24.1 Å². The Bertz CT molecular complexity index is 1100. The van der Waals surface area contributed by atoms with E-state index in [1.807, 2.05) is 31.3 Å². The number of benzene rings is 2. The number of H-pyrrole nitrogens is 1. The summed E-state index contributed by atoms with van der Waals surface area (Å²) >= 11 is 0. The predicted octanol–water partition coefficient (Wildman–Crippen LogP) is 2.59. The second kappa shape index (κ2) is 7.65. The highest BCUT2D eigenvalue weighted by molar-refractivity contribution is 7.89. The second-order valence-corrected chi connectivity index (χ2v) is 8.26. The Labute approximate surface area is 164 Å². The molecule has 3 N–H and O–H groups in total. The smallest absolute Gasteiger partial charge is 0.238 e. The van der Waals surface area contributed by atoms with Crippen LogP contribution in [0.5, 0.6) is 5.75 Å². The maximum atomic E-state index is 12.8. The van der Waals surface area contributed by atoms with E-state index < -0.39 is 10.0 Å². The van der Waals surface area contributed by atoms with E-state index in [0.29, 0.717) is 0 Å². The number of sulfonamides is 1. The number of likely N-dealkylation sites (N-methyl/N-ethyl adjacent to an activating group) is 1. The fourth-order valence-electron chi connectivity index (χ4n) is 3.09. The molecule has 0 bridgehead atoms. The molecule has 0 aliphatic rings.